The third kappa shape index (κ3) is 9.41. The fraction of sp³-hybridized carbons (Fsp3) is 0.222. The van der Waals surface area contributed by atoms with Gasteiger partial charge in [0.05, 0.1) is 18.8 Å². The molecule has 0 spiro atoms. The summed E-state index contributed by atoms with van der Waals surface area (Å²) < 4.78 is 24.7. The molecule has 280 valence electrons. The number of amides is 1. The maximum Gasteiger partial charge on any atom is 0.303 e. The van der Waals surface area contributed by atoms with Gasteiger partial charge >= 0.3 is 5.97 Å². The molecule has 2 heterocycles. The second kappa shape index (κ2) is 17.7. The summed E-state index contributed by atoms with van der Waals surface area (Å²) >= 11 is 1.52. The summed E-state index contributed by atoms with van der Waals surface area (Å²) in [5, 5.41) is 13.1. The number of esters is 1. The van der Waals surface area contributed by atoms with Crippen molar-refractivity contribution in [1.82, 2.24) is 10.3 Å². The second-order valence-electron chi connectivity index (χ2n) is 13.3. The van der Waals surface area contributed by atoms with Crippen molar-refractivity contribution in [3.05, 3.63) is 156 Å². The molecule has 0 bridgehead atoms. The molecule has 1 aliphatic rings. The van der Waals surface area contributed by atoms with Crippen LogP contribution in [0.4, 0.5) is 0 Å². The number of nitrogens with one attached hydrogen (secondary N) is 1. The van der Waals surface area contributed by atoms with Gasteiger partial charge in [0, 0.05) is 42.3 Å². The molecule has 1 amide bonds. The van der Waals surface area contributed by atoms with Gasteiger partial charge in [0.2, 0.25) is 0 Å². The van der Waals surface area contributed by atoms with E-state index in [1.165, 1.54) is 18.7 Å². The van der Waals surface area contributed by atoms with Crippen LogP contribution in [0.3, 0.4) is 0 Å². The quantitative estimate of drug-likeness (QED) is 0.0879. The van der Waals surface area contributed by atoms with E-state index in [4.69, 9.17) is 23.6 Å². The Morgan fingerprint density at radius 3 is 2.16 bits per heavy atom. The molecule has 5 aromatic carbocycles. The number of carbonyl (C=O) groups excluding carboxylic acids is 2. The Kier molecular flexibility index (Phi) is 12.2. The van der Waals surface area contributed by atoms with Gasteiger partial charge in [-0.05, 0) is 34.7 Å². The van der Waals surface area contributed by atoms with E-state index in [2.05, 4.69) is 5.32 Å². The normalized spacial score (nSPS) is 17.3. The van der Waals surface area contributed by atoms with E-state index in [0.29, 0.717) is 17.4 Å². The number of aliphatic hydroxyl groups is 1. The van der Waals surface area contributed by atoms with Gasteiger partial charge in [0.25, 0.3) is 11.1 Å². The molecular formula is C45H42N2O7S. The highest BCUT2D eigenvalue weighted by Crippen LogP contribution is 2.41. The fourth-order valence-corrected chi connectivity index (χ4v) is 7.37. The van der Waals surface area contributed by atoms with Gasteiger partial charge < -0.3 is 29.1 Å². The van der Waals surface area contributed by atoms with Crippen molar-refractivity contribution in [2.24, 2.45) is 0 Å². The number of hydrogen-bond donors (Lipinski definition) is 2. The molecule has 9 nitrogen and oxygen atoms in total. The Labute approximate surface area is 324 Å². The Morgan fingerprint density at radius 2 is 1.47 bits per heavy atom. The smallest absolute Gasteiger partial charge is 0.303 e. The minimum absolute atomic E-state index is 0.0296. The average molecular weight is 755 g/mol. The number of aliphatic hydroxyl groups excluding tert-OH is 1. The zero-order valence-electron chi connectivity index (χ0n) is 30.6. The molecule has 0 aliphatic carbocycles. The molecule has 1 aliphatic heterocycles. The molecule has 0 radical (unpaired) electrons. The highest BCUT2D eigenvalue weighted by Gasteiger charge is 2.33. The number of benzene rings is 5. The molecule has 2 N–H and O–H groups in total. The summed E-state index contributed by atoms with van der Waals surface area (Å²) in [5.74, 6) is 0.440. The maximum absolute atomic E-state index is 12.5. The van der Waals surface area contributed by atoms with Gasteiger partial charge in [-0.3, -0.25) is 9.59 Å². The summed E-state index contributed by atoms with van der Waals surface area (Å²) in [4.78, 5) is 28.8. The number of hydrogen-bond acceptors (Lipinski definition) is 9. The molecule has 4 atom stereocenters. The first-order chi connectivity index (χ1) is 26.8. The van der Waals surface area contributed by atoms with Crippen molar-refractivity contribution in [2.45, 2.75) is 63.2 Å². The van der Waals surface area contributed by atoms with Crippen molar-refractivity contribution in [1.29, 1.82) is 0 Å². The first-order valence-electron chi connectivity index (χ1n) is 18.2. The molecule has 1 aromatic heterocycles. The first kappa shape index (κ1) is 37.8. The SMILES string of the molecule is CC(=O)O[C@@H](C)C(=O)NCc1ccccc1-c1ccc([C@H]2O[C@@H](CSc3nc(-c4ccccc4)c(-c4ccccc4)o3)C[C@@H](c3ccc(CO)cc3)O2)cc1. The Hall–Kier alpha value is -5.52. The van der Waals surface area contributed by atoms with E-state index in [1.54, 1.807) is 6.92 Å². The topological polar surface area (TPSA) is 120 Å². The summed E-state index contributed by atoms with van der Waals surface area (Å²) in [6, 6.07) is 43.8. The van der Waals surface area contributed by atoms with Crippen molar-refractivity contribution in [2.75, 3.05) is 5.75 Å². The largest absolute Gasteiger partial charge is 0.453 e. The standard InChI is InChI=1S/C45H42N2O7S/c1-29(51-30(2)49)43(50)46-26-37-15-9-10-16-39(37)32-21-23-36(24-22-32)44-52-38(25-40(53-44)33-19-17-31(27-48)18-20-33)28-55-45-47-41(34-11-5-3-6-12-34)42(54-45)35-13-7-4-8-14-35/h3-24,29,38,40,44,48H,25-28H2,1-2H3,(H,46,50)/t29-,38+,40-,44-/m0/s1. The van der Waals surface area contributed by atoms with Gasteiger partial charge in [-0.15, -0.1) is 0 Å². The number of nitrogens with zero attached hydrogens (tertiary/aromatic N) is 1. The van der Waals surface area contributed by atoms with Gasteiger partial charge in [0.1, 0.15) is 5.69 Å². The molecule has 0 unspecified atom stereocenters. The van der Waals surface area contributed by atoms with E-state index in [1.807, 2.05) is 133 Å². The number of carbonyl (C=O) groups is 2. The zero-order chi connectivity index (χ0) is 38.1. The molecule has 0 saturated carbocycles. The van der Waals surface area contributed by atoms with E-state index < -0.39 is 18.4 Å². The van der Waals surface area contributed by atoms with Crippen LogP contribution < -0.4 is 5.32 Å². The Balaban J connectivity index is 1.10. The molecule has 7 rings (SSSR count). The number of oxazole rings is 1. The van der Waals surface area contributed by atoms with Crippen LogP contribution in [0, 0.1) is 0 Å². The third-order valence-electron chi connectivity index (χ3n) is 9.37. The van der Waals surface area contributed by atoms with Crippen LogP contribution in [0.2, 0.25) is 0 Å². The van der Waals surface area contributed by atoms with Crippen molar-refractivity contribution in [3.63, 3.8) is 0 Å². The fourth-order valence-electron chi connectivity index (χ4n) is 6.53. The molecule has 10 heteroatoms. The predicted octanol–water partition coefficient (Wildman–Crippen LogP) is 9.07. The van der Waals surface area contributed by atoms with Crippen LogP contribution >= 0.6 is 11.8 Å². The summed E-state index contributed by atoms with van der Waals surface area (Å²) in [7, 11) is 0. The van der Waals surface area contributed by atoms with Crippen molar-refractivity contribution >= 4 is 23.6 Å². The van der Waals surface area contributed by atoms with Crippen molar-refractivity contribution < 1.29 is 33.3 Å². The Morgan fingerprint density at radius 1 is 0.818 bits per heavy atom. The van der Waals surface area contributed by atoms with E-state index in [-0.39, 0.29) is 31.3 Å². The van der Waals surface area contributed by atoms with Crippen LogP contribution in [0.25, 0.3) is 33.7 Å². The average Bonchev–Trinajstić information content (AvgIpc) is 3.67. The third-order valence-corrected chi connectivity index (χ3v) is 10.3. The monoisotopic (exact) mass is 754 g/mol. The summed E-state index contributed by atoms with van der Waals surface area (Å²) in [5.41, 5.74) is 8.29. The van der Waals surface area contributed by atoms with Crippen LogP contribution in [-0.2, 0) is 37.0 Å². The van der Waals surface area contributed by atoms with E-state index in [9.17, 15) is 14.7 Å². The highest BCUT2D eigenvalue weighted by atomic mass is 32.2. The minimum Gasteiger partial charge on any atom is -0.453 e. The number of thioether (sulfide) groups is 1. The molecule has 55 heavy (non-hydrogen) atoms. The minimum atomic E-state index is -0.882. The summed E-state index contributed by atoms with van der Waals surface area (Å²) in [6.45, 7) is 3.07. The molecule has 6 aromatic rings. The van der Waals surface area contributed by atoms with Crippen LogP contribution in [0.15, 0.2) is 143 Å². The van der Waals surface area contributed by atoms with Gasteiger partial charge in [-0.2, -0.15) is 0 Å². The molecule has 1 saturated heterocycles. The van der Waals surface area contributed by atoms with Crippen LogP contribution in [0.5, 0.6) is 0 Å². The number of rotatable bonds is 13. The lowest BCUT2D eigenvalue weighted by Gasteiger charge is -2.36. The molecular weight excluding hydrogens is 713 g/mol. The zero-order valence-corrected chi connectivity index (χ0v) is 31.4. The maximum atomic E-state index is 12.5. The number of ether oxygens (including phenoxy) is 3. The van der Waals surface area contributed by atoms with E-state index >= 15 is 0 Å². The van der Waals surface area contributed by atoms with Gasteiger partial charge in [-0.1, -0.05) is 145 Å². The Bertz CT molecular complexity index is 2130. The second-order valence-corrected chi connectivity index (χ2v) is 14.3. The van der Waals surface area contributed by atoms with Gasteiger partial charge in [-0.25, -0.2) is 4.98 Å². The lowest BCUT2D eigenvalue weighted by Crippen LogP contribution is -2.35. The van der Waals surface area contributed by atoms with E-state index in [0.717, 1.165) is 56.0 Å². The van der Waals surface area contributed by atoms with Crippen LogP contribution in [-0.4, -0.2) is 39.9 Å². The van der Waals surface area contributed by atoms with Gasteiger partial charge in [0.15, 0.2) is 18.2 Å². The molecule has 1 fully saturated rings. The summed E-state index contributed by atoms with van der Waals surface area (Å²) in [6.07, 6.45) is -1.35. The number of aromatic nitrogens is 1. The highest BCUT2D eigenvalue weighted by molar-refractivity contribution is 7.99. The van der Waals surface area contributed by atoms with Crippen LogP contribution in [0.1, 0.15) is 54.9 Å². The lowest BCUT2D eigenvalue weighted by molar-refractivity contribution is -0.245. The van der Waals surface area contributed by atoms with Crippen molar-refractivity contribution in [3.8, 4) is 33.7 Å². The first-order valence-corrected chi connectivity index (χ1v) is 19.2. The predicted molar refractivity (Wildman–Crippen MR) is 211 cm³/mol. The lowest BCUT2D eigenvalue weighted by atomic mass is 9.97.